The zero-order valence-electron chi connectivity index (χ0n) is 13.8. The van der Waals surface area contributed by atoms with Crippen LogP contribution < -0.4 is 0 Å². The summed E-state index contributed by atoms with van der Waals surface area (Å²) in [5.74, 6) is 1.04. The molecule has 0 N–H and O–H groups in total. The molecule has 3 atom stereocenters. The van der Waals surface area contributed by atoms with Gasteiger partial charge in [0.25, 0.3) is 5.79 Å². The monoisotopic (exact) mass is 292 g/mol. The van der Waals surface area contributed by atoms with Crippen LogP contribution in [-0.2, 0) is 14.3 Å². The van der Waals surface area contributed by atoms with E-state index in [-0.39, 0.29) is 11.9 Å². The molecule has 1 saturated carbocycles. The molecule has 1 fully saturated rings. The Morgan fingerprint density at radius 2 is 2.10 bits per heavy atom. The van der Waals surface area contributed by atoms with E-state index in [9.17, 15) is 4.79 Å². The lowest BCUT2D eigenvalue weighted by molar-refractivity contribution is -0.270. The van der Waals surface area contributed by atoms with Gasteiger partial charge in [-0.2, -0.15) is 0 Å². The average molecular weight is 292 g/mol. The Hall–Kier alpha value is -1.25. The van der Waals surface area contributed by atoms with Gasteiger partial charge in [0.1, 0.15) is 5.76 Å². The quantitative estimate of drug-likeness (QED) is 0.561. The molecule has 0 aromatic rings. The van der Waals surface area contributed by atoms with Gasteiger partial charge in [0, 0.05) is 12.3 Å². The molecule has 1 aliphatic carbocycles. The number of esters is 1. The van der Waals surface area contributed by atoms with Gasteiger partial charge >= 0.3 is 5.97 Å². The normalized spacial score (nSPS) is 33.1. The standard InChI is InChI=1S/C18H28O3/c1-6-7-8-15-14(5)20-18(21-17(15)19)11-13(4)9-10-16(18)12(2)3/h6,12-13,16H,1,7-11H2,2-5H3. The van der Waals surface area contributed by atoms with Crippen molar-refractivity contribution in [2.24, 2.45) is 17.8 Å². The Balaban J connectivity index is 2.29. The van der Waals surface area contributed by atoms with Crippen molar-refractivity contribution in [3.8, 4) is 0 Å². The van der Waals surface area contributed by atoms with Crippen molar-refractivity contribution >= 4 is 5.97 Å². The molecule has 3 unspecified atom stereocenters. The molecule has 0 saturated heterocycles. The number of hydrogen-bond acceptors (Lipinski definition) is 3. The van der Waals surface area contributed by atoms with E-state index in [1.54, 1.807) is 0 Å². The summed E-state index contributed by atoms with van der Waals surface area (Å²) < 4.78 is 12.1. The van der Waals surface area contributed by atoms with Crippen LogP contribution in [0.5, 0.6) is 0 Å². The summed E-state index contributed by atoms with van der Waals surface area (Å²) in [5, 5.41) is 0. The summed E-state index contributed by atoms with van der Waals surface area (Å²) in [4.78, 5) is 12.5. The molecular formula is C18H28O3. The Bertz CT molecular complexity index is 449. The highest BCUT2D eigenvalue weighted by molar-refractivity contribution is 5.89. The van der Waals surface area contributed by atoms with Crippen molar-refractivity contribution < 1.29 is 14.3 Å². The third kappa shape index (κ3) is 3.17. The van der Waals surface area contributed by atoms with E-state index in [1.807, 2.05) is 13.0 Å². The molecule has 1 heterocycles. The molecule has 1 aliphatic heterocycles. The fraction of sp³-hybridized carbons (Fsp3) is 0.722. The van der Waals surface area contributed by atoms with Gasteiger partial charge in [-0.3, -0.25) is 0 Å². The molecule has 21 heavy (non-hydrogen) atoms. The number of carbonyl (C=O) groups excluding carboxylic acids is 1. The van der Waals surface area contributed by atoms with Crippen molar-refractivity contribution in [2.75, 3.05) is 0 Å². The van der Waals surface area contributed by atoms with Crippen LogP contribution in [0.25, 0.3) is 0 Å². The minimum absolute atomic E-state index is 0.194. The molecular weight excluding hydrogens is 264 g/mol. The van der Waals surface area contributed by atoms with E-state index in [0.29, 0.717) is 23.8 Å². The highest BCUT2D eigenvalue weighted by Crippen LogP contribution is 2.47. The van der Waals surface area contributed by atoms with Crippen LogP contribution in [0.15, 0.2) is 24.0 Å². The first-order chi connectivity index (χ1) is 9.89. The number of hydrogen-bond donors (Lipinski definition) is 0. The summed E-state index contributed by atoms with van der Waals surface area (Å²) in [5.41, 5.74) is 0.668. The van der Waals surface area contributed by atoms with Crippen LogP contribution in [0.1, 0.15) is 59.8 Å². The van der Waals surface area contributed by atoms with E-state index < -0.39 is 5.79 Å². The van der Waals surface area contributed by atoms with Gasteiger partial charge in [-0.15, -0.1) is 6.58 Å². The van der Waals surface area contributed by atoms with Gasteiger partial charge < -0.3 is 9.47 Å². The molecule has 0 aromatic carbocycles. The predicted molar refractivity (Wildman–Crippen MR) is 83.4 cm³/mol. The smallest absolute Gasteiger partial charge is 0.340 e. The third-order valence-electron chi connectivity index (χ3n) is 4.83. The summed E-state index contributed by atoms with van der Waals surface area (Å²) in [6.45, 7) is 12.2. The highest BCUT2D eigenvalue weighted by Gasteiger charge is 2.52. The topological polar surface area (TPSA) is 35.5 Å². The van der Waals surface area contributed by atoms with Crippen molar-refractivity contribution in [3.05, 3.63) is 24.0 Å². The van der Waals surface area contributed by atoms with Crippen molar-refractivity contribution in [3.63, 3.8) is 0 Å². The first-order valence-corrected chi connectivity index (χ1v) is 8.12. The minimum Gasteiger partial charge on any atom is -0.456 e. The SMILES string of the molecule is C=CCCC1=C(C)OC2(CC(C)CCC2C(C)C)OC1=O. The van der Waals surface area contributed by atoms with Crippen LogP contribution in [0.2, 0.25) is 0 Å². The Morgan fingerprint density at radius 3 is 2.67 bits per heavy atom. The van der Waals surface area contributed by atoms with E-state index in [4.69, 9.17) is 9.47 Å². The largest absolute Gasteiger partial charge is 0.456 e. The zero-order chi connectivity index (χ0) is 15.6. The second-order valence-electron chi connectivity index (χ2n) is 6.90. The molecule has 0 radical (unpaired) electrons. The van der Waals surface area contributed by atoms with Crippen LogP contribution in [0, 0.1) is 17.8 Å². The average Bonchev–Trinajstić information content (AvgIpc) is 2.37. The zero-order valence-corrected chi connectivity index (χ0v) is 13.8. The third-order valence-corrected chi connectivity index (χ3v) is 4.83. The lowest BCUT2D eigenvalue weighted by atomic mass is 9.72. The summed E-state index contributed by atoms with van der Waals surface area (Å²) in [7, 11) is 0. The molecule has 2 aliphatic rings. The summed E-state index contributed by atoms with van der Waals surface area (Å²) in [6, 6.07) is 0. The molecule has 0 aromatic heterocycles. The van der Waals surface area contributed by atoms with Crippen LogP contribution >= 0.6 is 0 Å². The second kappa shape index (κ2) is 6.25. The molecule has 118 valence electrons. The Morgan fingerprint density at radius 1 is 1.38 bits per heavy atom. The van der Waals surface area contributed by atoms with Crippen molar-refractivity contribution in [2.45, 2.75) is 65.6 Å². The summed E-state index contributed by atoms with van der Waals surface area (Å²) >= 11 is 0. The van der Waals surface area contributed by atoms with Gasteiger partial charge in [-0.25, -0.2) is 4.79 Å². The predicted octanol–water partition coefficient (Wildman–Crippen LogP) is 4.59. The lowest BCUT2D eigenvalue weighted by Gasteiger charge is -2.48. The van der Waals surface area contributed by atoms with Crippen LogP contribution in [0.4, 0.5) is 0 Å². The minimum atomic E-state index is -0.745. The van der Waals surface area contributed by atoms with Gasteiger partial charge in [0.2, 0.25) is 0 Å². The molecule has 0 bridgehead atoms. The second-order valence-corrected chi connectivity index (χ2v) is 6.90. The summed E-state index contributed by atoms with van der Waals surface area (Å²) in [6.07, 6.45) is 6.26. The molecule has 0 amide bonds. The highest BCUT2D eigenvalue weighted by atomic mass is 16.7. The van der Waals surface area contributed by atoms with Gasteiger partial charge in [0.15, 0.2) is 0 Å². The molecule has 3 nitrogen and oxygen atoms in total. The number of allylic oxidation sites excluding steroid dienone is 2. The number of carbonyl (C=O) groups is 1. The van der Waals surface area contributed by atoms with Gasteiger partial charge in [-0.05, 0) is 44.4 Å². The van der Waals surface area contributed by atoms with E-state index in [1.165, 1.54) is 6.42 Å². The maximum atomic E-state index is 12.5. The fourth-order valence-electron chi connectivity index (χ4n) is 3.73. The van der Waals surface area contributed by atoms with Gasteiger partial charge in [-0.1, -0.05) is 26.8 Å². The van der Waals surface area contributed by atoms with E-state index in [2.05, 4.69) is 27.4 Å². The van der Waals surface area contributed by atoms with Crippen molar-refractivity contribution in [1.29, 1.82) is 0 Å². The van der Waals surface area contributed by atoms with Crippen LogP contribution in [-0.4, -0.2) is 11.8 Å². The Labute approximate surface area is 128 Å². The maximum absolute atomic E-state index is 12.5. The first-order valence-electron chi connectivity index (χ1n) is 8.12. The first kappa shape index (κ1) is 16.1. The lowest BCUT2D eigenvalue weighted by Crippen LogP contribution is -2.53. The number of ether oxygens (including phenoxy) is 2. The molecule has 2 rings (SSSR count). The van der Waals surface area contributed by atoms with E-state index >= 15 is 0 Å². The fourth-order valence-corrected chi connectivity index (χ4v) is 3.73. The van der Waals surface area contributed by atoms with Gasteiger partial charge in [0.05, 0.1) is 5.57 Å². The molecule has 3 heteroatoms. The van der Waals surface area contributed by atoms with Crippen LogP contribution in [0.3, 0.4) is 0 Å². The van der Waals surface area contributed by atoms with E-state index in [0.717, 1.165) is 25.0 Å². The maximum Gasteiger partial charge on any atom is 0.340 e. The Kier molecular flexibility index (Phi) is 4.80. The molecule has 1 spiro atoms. The van der Waals surface area contributed by atoms with Crippen molar-refractivity contribution in [1.82, 2.24) is 0 Å². The number of rotatable bonds is 4.